The van der Waals surface area contributed by atoms with Gasteiger partial charge in [0.2, 0.25) is 0 Å². The number of anilines is 1. The van der Waals surface area contributed by atoms with Crippen LogP contribution in [0.1, 0.15) is 18.9 Å². The molecule has 1 aromatic carbocycles. The first-order valence-electron chi connectivity index (χ1n) is 5.67. The van der Waals surface area contributed by atoms with Gasteiger partial charge >= 0.3 is 5.97 Å². The fraction of sp³-hybridized carbons (Fsp3) is 0.333. The normalized spacial score (nSPS) is 10.0. The summed E-state index contributed by atoms with van der Waals surface area (Å²) in [5, 5.41) is 7.28. The van der Waals surface area contributed by atoms with Crippen molar-refractivity contribution in [1.29, 1.82) is 5.41 Å². The fourth-order valence-corrected chi connectivity index (χ4v) is 2.52. The summed E-state index contributed by atoms with van der Waals surface area (Å²) in [5.41, 5.74) is 1.16. The molecule has 0 aliphatic carbocycles. The van der Waals surface area contributed by atoms with Crippen LogP contribution in [0.25, 0.3) is 0 Å². The molecule has 0 saturated carbocycles. The molecule has 0 aromatic heterocycles. The van der Waals surface area contributed by atoms with Crippen LogP contribution in [0.3, 0.4) is 0 Å². The number of nitrogens with one attached hydrogen (secondary N) is 2. The molecule has 0 atom stereocenters. The minimum atomic E-state index is -0.214. The Hall–Kier alpha value is -1.21. The van der Waals surface area contributed by atoms with Crippen LogP contribution < -0.4 is 4.72 Å². The maximum Gasteiger partial charge on any atom is 0.306 e. The summed E-state index contributed by atoms with van der Waals surface area (Å²) in [4.78, 5) is 12.1. The maximum absolute atomic E-state index is 12.1. The van der Waals surface area contributed by atoms with E-state index in [1.54, 1.807) is 19.1 Å². The van der Waals surface area contributed by atoms with Gasteiger partial charge in [-0.2, -0.15) is 0 Å². The van der Waals surface area contributed by atoms with Crippen LogP contribution >= 0.6 is 24.1 Å². The van der Waals surface area contributed by atoms with Crippen LogP contribution in [-0.4, -0.2) is 24.5 Å². The minimum Gasteiger partial charge on any atom is -0.466 e. The quantitative estimate of drug-likeness (QED) is 0.332. The van der Waals surface area contributed by atoms with Gasteiger partial charge in [-0.1, -0.05) is 0 Å². The van der Waals surface area contributed by atoms with E-state index < -0.39 is 0 Å². The van der Waals surface area contributed by atoms with E-state index in [4.69, 9.17) is 10.1 Å². The second-order valence-electron chi connectivity index (χ2n) is 3.48. The Morgan fingerprint density at radius 2 is 2.37 bits per heavy atom. The maximum atomic E-state index is 12.1. The molecule has 2 N–H and O–H groups in total. The van der Waals surface area contributed by atoms with Crippen LogP contribution in [-0.2, 0) is 9.53 Å². The Labute approximate surface area is 120 Å². The molecule has 1 rings (SSSR count). The number of carbonyl (C=O) groups is 1. The monoisotopic (exact) mass is 302 g/mol. The summed E-state index contributed by atoms with van der Waals surface area (Å²) in [5.74, 6) is 0.398. The van der Waals surface area contributed by atoms with Gasteiger partial charge < -0.3 is 14.9 Å². The van der Waals surface area contributed by atoms with Crippen LogP contribution in [0.4, 0.5) is 9.57 Å². The molecule has 19 heavy (non-hydrogen) atoms. The lowest BCUT2D eigenvalue weighted by Crippen LogP contribution is -2.04. The number of hydrogen-bond acceptors (Lipinski definition) is 6. The fourth-order valence-electron chi connectivity index (χ4n) is 1.37. The number of esters is 1. The number of halogens is 1. The highest BCUT2D eigenvalue weighted by molar-refractivity contribution is 7.99. The predicted octanol–water partition coefficient (Wildman–Crippen LogP) is 3.67. The summed E-state index contributed by atoms with van der Waals surface area (Å²) in [7, 11) is 0. The predicted molar refractivity (Wildman–Crippen MR) is 78.6 cm³/mol. The van der Waals surface area contributed by atoms with E-state index in [0.29, 0.717) is 30.0 Å². The Morgan fingerprint density at radius 3 is 3.00 bits per heavy atom. The van der Waals surface area contributed by atoms with Gasteiger partial charge in [0.05, 0.1) is 18.7 Å². The first-order valence-corrected chi connectivity index (χ1v) is 7.38. The zero-order valence-corrected chi connectivity index (χ0v) is 12.1. The van der Waals surface area contributed by atoms with Crippen LogP contribution in [0, 0.1) is 5.41 Å². The van der Waals surface area contributed by atoms with Gasteiger partial charge in [0, 0.05) is 22.4 Å². The smallest absolute Gasteiger partial charge is 0.306 e. The highest BCUT2D eigenvalue weighted by atomic mass is 32.2. The van der Waals surface area contributed by atoms with E-state index >= 15 is 0 Å². The Morgan fingerprint density at radius 1 is 1.58 bits per heavy atom. The van der Waals surface area contributed by atoms with Crippen LogP contribution in [0.15, 0.2) is 23.1 Å². The van der Waals surface area contributed by atoms with Crippen LogP contribution in [0.2, 0.25) is 0 Å². The third-order valence-electron chi connectivity index (χ3n) is 2.21. The second kappa shape index (κ2) is 8.82. The van der Waals surface area contributed by atoms with E-state index in [2.05, 4.69) is 4.72 Å². The van der Waals surface area contributed by atoms with Gasteiger partial charge in [-0.3, -0.25) is 4.79 Å². The van der Waals surface area contributed by atoms with Gasteiger partial charge in [-0.05, 0) is 25.1 Å². The molecule has 0 radical (unpaired) electrons. The largest absolute Gasteiger partial charge is 0.466 e. The zero-order valence-electron chi connectivity index (χ0n) is 10.4. The minimum absolute atomic E-state index is 0.00397. The average molecular weight is 302 g/mol. The van der Waals surface area contributed by atoms with Gasteiger partial charge in [0.1, 0.15) is 0 Å². The van der Waals surface area contributed by atoms with E-state index in [1.165, 1.54) is 11.8 Å². The van der Waals surface area contributed by atoms with Crippen molar-refractivity contribution in [2.45, 2.75) is 18.2 Å². The van der Waals surface area contributed by atoms with E-state index in [9.17, 15) is 8.68 Å². The molecule has 0 unspecified atom stereocenters. The van der Waals surface area contributed by atoms with Crippen molar-refractivity contribution in [3.8, 4) is 0 Å². The van der Waals surface area contributed by atoms with E-state index in [0.717, 1.165) is 11.1 Å². The molecule has 0 amide bonds. The van der Waals surface area contributed by atoms with Crippen molar-refractivity contribution in [3.05, 3.63) is 23.8 Å². The second-order valence-corrected chi connectivity index (χ2v) is 5.00. The number of benzene rings is 1. The summed E-state index contributed by atoms with van der Waals surface area (Å²) < 4.78 is 19.4. The van der Waals surface area contributed by atoms with Crippen molar-refractivity contribution in [2.24, 2.45) is 0 Å². The third-order valence-corrected chi connectivity index (χ3v) is 3.50. The molecule has 0 aliphatic rings. The molecule has 1 aromatic rings. The molecular weight excluding hydrogens is 287 g/mol. The van der Waals surface area contributed by atoms with Crippen molar-refractivity contribution in [3.63, 3.8) is 0 Å². The molecule has 0 fully saturated rings. The molecular formula is C12H15FN2O2S2. The first-order chi connectivity index (χ1) is 9.21. The highest BCUT2D eigenvalue weighted by Gasteiger charge is 2.05. The lowest BCUT2D eigenvalue weighted by Gasteiger charge is -2.07. The summed E-state index contributed by atoms with van der Waals surface area (Å²) in [6.07, 6.45) is 1.51. The average Bonchev–Trinajstić information content (AvgIpc) is 2.41. The number of hydrogen-bond donors (Lipinski definition) is 2. The number of ether oxygens (including phenoxy) is 1. The Bertz CT molecular complexity index is 444. The highest BCUT2D eigenvalue weighted by Crippen LogP contribution is 2.25. The zero-order chi connectivity index (χ0) is 14.1. The molecule has 0 bridgehead atoms. The molecule has 4 nitrogen and oxygen atoms in total. The van der Waals surface area contributed by atoms with Gasteiger partial charge in [-0.15, -0.1) is 15.6 Å². The standard InChI is InChI=1S/C12H15FN2O2S2/c1-2-17-12(16)5-6-18-10-3-4-11(15-19-13)9(7-10)8-14/h3-4,7-8,14-15H,2,5-6H2,1H3. The number of carbonyl (C=O) groups excluding carboxylic acids is 1. The molecule has 0 aliphatic heterocycles. The topological polar surface area (TPSA) is 62.2 Å². The number of thioether (sulfide) groups is 1. The summed E-state index contributed by atoms with van der Waals surface area (Å²) in [6.45, 7) is 2.17. The summed E-state index contributed by atoms with van der Waals surface area (Å²) in [6, 6.07) is 5.31. The van der Waals surface area contributed by atoms with E-state index in [-0.39, 0.29) is 18.3 Å². The number of rotatable bonds is 8. The Kier molecular flexibility index (Phi) is 7.35. The lowest BCUT2D eigenvalue weighted by atomic mass is 10.2. The van der Waals surface area contributed by atoms with Gasteiger partial charge in [0.25, 0.3) is 0 Å². The molecule has 104 valence electrons. The molecule has 0 saturated heterocycles. The van der Waals surface area contributed by atoms with E-state index in [1.807, 2.05) is 6.07 Å². The molecule has 0 heterocycles. The Balaban J connectivity index is 2.55. The van der Waals surface area contributed by atoms with Crippen molar-refractivity contribution in [2.75, 3.05) is 17.1 Å². The molecule has 7 heteroatoms. The van der Waals surface area contributed by atoms with Crippen molar-refractivity contribution >= 4 is 42.0 Å². The molecule has 0 spiro atoms. The van der Waals surface area contributed by atoms with Gasteiger partial charge in [-0.25, -0.2) is 0 Å². The van der Waals surface area contributed by atoms with Crippen molar-refractivity contribution in [1.82, 2.24) is 0 Å². The van der Waals surface area contributed by atoms with Crippen LogP contribution in [0.5, 0.6) is 0 Å². The first kappa shape index (κ1) is 15.8. The third kappa shape index (κ3) is 5.52. The van der Waals surface area contributed by atoms with Gasteiger partial charge in [0.15, 0.2) is 12.3 Å². The van der Waals surface area contributed by atoms with Crippen molar-refractivity contribution < 1.29 is 13.4 Å². The lowest BCUT2D eigenvalue weighted by molar-refractivity contribution is -0.142. The SMILES string of the molecule is CCOC(=O)CCSc1ccc(NSF)c(C=N)c1. The summed E-state index contributed by atoms with van der Waals surface area (Å²) >= 11 is 1.49.